The van der Waals surface area contributed by atoms with E-state index in [0.717, 1.165) is 77.6 Å². The number of rotatable bonds is 63. The molecule has 0 aromatic rings. The average Bonchev–Trinajstić information content (AvgIpc) is 0.756. The molecule has 592 valence electrons. The van der Waals surface area contributed by atoms with Crippen LogP contribution in [0.3, 0.4) is 0 Å². The number of aliphatic hydroxyl groups excluding tert-OH is 11. The normalized spacial score (nSPS) is 26.9. The molecule has 0 bridgehead atoms. The first kappa shape index (κ1) is 92.4. The van der Waals surface area contributed by atoms with E-state index in [1.54, 1.807) is 6.08 Å². The van der Waals surface area contributed by atoms with Crippen LogP contribution in [0.5, 0.6) is 0 Å². The Kier molecular flexibility index (Phi) is 52.5. The summed E-state index contributed by atoms with van der Waals surface area (Å²) >= 11 is 0. The standard InChI is InChI=1S/C78H144N2O21/c1-4-6-8-10-12-14-16-18-20-22-24-26-28-30-31-33-35-37-39-41-43-45-47-49-51-60(85)59(80-65(88)52-50-48-46-44-42-40-38-36-34-32-29-27-25-23-21-19-17-15-13-11-9-7-5-2)57-96-75-70(92)69(91)72(64(56-83)98-75)99-76-71(93)74(68(90)63(55-82)97-76)101-78(77(94)95)53-61(86)66(79-58(3)84)73(100-78)67(89)62(87)54-81/h32,34,49,51,59-64,66-76,81-83,85-87,89-93H,4-31,33,35-48,50,52-57H2,1-3H3,(H,79,84)(H,80,88)(H,94,95)/b34-32-,51-49+. The molecule has 0 radical (unpaired) electrons. The number of aliphatic hydroxyl groups is 11. The van der Waals surface area contributed by atoms with Gasteiger partial charge in [0.15, 0.2) is 12.6 Å². The van der Waals surface area contributed by atoms with Crippen molar-refractivity contribution in [3.63, 3.8) is 0 Å². The summed E-state index contributed by atoms with van der Waals surface area (Å²) < 4.78 is 34.9. The predicted molar refractivity (Wildman–Crippen MR) is 389 cm³/mol. The third-order valence-electron chi connectivity index (χ3n) is 20.4. The van der Waals surface area contributed by atoms with Gasteiger partial charge in [-0.15, -0.1) is 0 Å². The second-order valence-corrected chi connectivity index (χ2v) is 29.3. The molecule has 0 saturated carbocycles. The van der Waals surface area contributed by atoms with Crippen molar-refractivity contribution in [3.05, 3.63) is 24.3 Å². The Bertz CT molecular complexity index is 2110. The fourth-order valence-corrected chi connectivity index (χ4v) is 14.0. The monoisotopic (exact) mass is 1450 g/mol. The lowest BCUT2D eigenvalue weighted by atomic mass is 9.88. The van der Waals surface area contributed by atoms with Gasteiger partial charge in [0.1, 0.15) is 67.1 Å². The lowest BCUT2D eigenvalue weighted by Crippen LogP contribution is -2.70. The van der Waals surface area contributed by atoms with Crippen LogP contribution in [0.2, 0.25) is 0 Å². The highest BCUT2D eigenvalue weighted by atomic mass is 16.8. The number of hydrogen-bond acceptors (Lipinski definition) is 20. The third kappa shape index (κ3) is 38.0. The van der Waals surface area contributed by atoms with Gasteiger partial charge in [-0.1, -0.05) is 276 Å². The van der Waals surface area contributed by atoms with Gasteiger partial charge < -0.3 is 100 Å². The second kappa shape index (κ2) is 57.4. The zero-order valence-electron chi connectivity index (χ0n) is 62.5. The Morgan fingerprint density at radius 2 is 0.931 bits per heavy atom. The van der Waals surface area contributed by atoms with E-state index < -0.39 is 155 Å². The van der Waals surface area contributed by atoms with Crippen molar-refractivity contribution in [1.29, 1.82) is 0 Å². The van der Waals surface area contributed by atoms with E-state index in [9.17, 15) is 75.7 Å². The summed E-state index contributed by atoms with van der Waals surface area (Å²) in [5.41, 5.74) is 0. The van der Waals surface area contributed by atoms with Gasteiger partial charge in [0.25, 0.3) is 5.79 Å². The van der Waals surface area contributed by atoms with Crippen molar-refractivity contribution in [2.45, 2.75) is 426 Å². The maximum Gasteiger partial charge on any atom is 0.364 e. The van der Waals surface area contributed by atoms with Gasteiger partial charge in [-0.3, -0.25) is 9.59 Å². The largest absolute Gasteiger partial charge is 0.477 e. The molecule has 3 aliphatic rings. The van der Waals surface area contributed by atoms with Crippen LogP contribution in [-0.4, -0.2) is 215 Å². The molecule has 0 aromatic carbocycles. The summed E-state index contributed by atoms with van der Waals surface area (Å²) in [5.74, 6) is -6.14. The number of carboxylic acid groups (broad SMARTS) is 1. The lowest BCUT2D eigenvalue weighted by Gasteiger charge is -2.50. The van der Waals surface area contributed by atoms with Gasteiger partial charge >= 0.3 is 5.97 Å². The van der Waals surface area contributed by atoms with Crippen molar-refractivity contribution < 1.29 is 104 Å². The molecule has 0 spiro atoms. The van der Waals surface area contributed by atoms with Crippen molar-refractivity contribution in [2.75, 3.05) is 26.4 Å². The number of allylic oxidation sites excluding steroid dienone is 3. The van der Waals surface area contributed by atoms with E-state index in [1.807, 2.05) is 6.08 Å². The van der Waals surface area contributed by atoms with Gasteiger partial charge in [0.2, 0.25) is 11.8 Å². The fraction of sp³-hybridized carbons (Fsp3) is 0.910. The first-order valence-corrected chi connectivity index (χ1v) is 40.2. The molecule has 101 heavy (non-hydrogen) atoms. The number of amides is 2. The Hall–Kier alpha value is -2.79. The molecule has 23 heteroatoms. The van der Waals surface area contributed by atoms with Crippen LogP contribution >= 0.6 is 0 Å². The van der Waals surface area contributed by atoms with Crippen LogP contribution in [0, 0.1) is 0 Å². The summed E-state index contributed by atoms with van der Waals surface area (Å²) in [6, 6.07) is -2.62. The number of aliphatic carboxylic acids is 1. The van der Waals surface area contributed by atoms with Crippen molar-refractivity contribution in [1.82, 2.24) is 10.6 Å². The van der Waals surface area contributed by atoms with E-state index >= 15 is 0 Å². The highest BCUT2D eigenvalue weighted by Gasteiger charge is 2.60. The first-order chi connectivity index (χ1) is 48.9. The summed E-state index contributed by atoms with van der Waals surface area (Å²) in [6.07, 6.45) is 33.5. The molecule has 3 heterocycles. The Labute approximate surface area is 606 Å². The number of carboxylic acids is 1. The van der Waals surface area contributed by atoms with E-state index in [4.69, 9.17) is 28.4 Å². The third-order valence-corrected chi connectivity index (χ3v) is 20.4. The van der Waals surface area contributed by atoms with Crippen molar-refractivity contribution in [2.24, 2.45) is 0 Å². The quantitative estimate of drug-likeness (QED) is 0.0199. The van der Waals surface area contributed by atoms with Crippen LogP contribution in [0.25, 0.3) is 0 Å². The summed E-state index contributed by atoms with van der Waals surface area (Å²) in [4.78, 5) is 38.7. The minimum absolute atomic E-state index is 0.197. The molecule has 3 fully saturated rings. The summed E-state index contributed by atoms with van der Waals surface area (Å²) in [6.45, 7) is 2.19. The molecule has 14 N–H and O–H groups in total. The highest BCUT2D eigenvalue weighted by molar-refractivity contribution is 5.77. The maximum absolute atomic E-state index is 13.5. The van der Waals surface area contributed by atoms with Crippen LogP contribution in [-0.2, 0) is 42.8 Å². The Balaban J connectivity index is 1.54. The van der Waals surface area contributed by atoms with E-state index in [0.29, 0.717) is 12.8 Å². The fourth-order valence-electron chi connectivity index (χ4n) is 14.0. The van der Waals surface area contributed by atoms with Gasteiger partial charge in [0, 0.05) is 19.8 Å². The molecular formula is C78H144N2O21. The molecule has 18 atom stereocenters. The lowest BCUT2D eigenvalue weighted by molar-refractivity contribution is -0.386. The molecule has 0 aliphatic carbocycles. The minimum Gasteiger partial charge on any atom is -0.477 e. The number of carbonyl (C=O) groups excluding carboxylic acids is 2. The number of nitrogens with one attached hydrogen (secondary N) is 2. The van der Waals surface area contributed by atoms with Gasteiger partial charge in [-0.05, 0) is 44.9 Å². The highest BCUT2D eigenvalue weighted by Crippen LogP contribution is 2.39. The minimum atomic E-state index is -3.08. The first-order valence-electron chi connectivity index (χ1n) is 40.2. The Morgan fingerprint density at radius 3 is 1.35 bits per heavy atom. The van der Waals surface area contributed by atoms with Crippen LogP contribution in [0.4, 0.5) is 0 Å². The molecule has 3 aliphatic heterocycles. The van der Waals surface area contributed by atoms with Gasteiger partial charge in [-0.25, -0.2) is 4.79 Å². The number of ether oxygens (including phenoxy) is 6. The van der Waals surface area contributed by atoms with Crippen LogP contribution in [0.1, 0.15) is 316 Å². The topological polar surface area (TPSA) is 373 Å². The Morgan fingerprint density at radius 1 is 0.515 bits per heavy atom. The number of hydrogen-bond donors (Lipinski definition) is 14. The zero-order chi connectivity index (χ0) is 73.9. The van der Waals surface area contributed by atoms with E-state index in [-0.39, 0.29) is 12.3 Å². The molecular weight excluding hydrogens is 1300 g/mol. The van der Waals surface area contributed by atoms with Crippen LogP contribution < -0.4 is 10.6 Å². The molecule has 3 rings (SSSR count). The molecule has 2 amide bonds. The molecule has 3 saturated heterocycles. The molecule has 18 unspecified atom stereocenters. The molecule has 23 nitrogen and oxygen atoms in total. The van der Waals surface area contributed by atoms with Crippen molar-refractivity contribution in [3.8, 4) is 0 Å². The average molecular weight is 1450 g/mol. The van der Waals surface area contributed by atoms with Gasteiger partial charge in [0.05, 0.1) is 50.7 Å². The van der Waals surface area contributed by atoms with Crippen LogP contribution in [0.15, 0.2) is 24.3 Å². The summed E-state index contributed by atoms with van der Waals surface area (Å²) in [7, 11) is 0. The van der Waals surface area contributed by atoms with Crippen molar-refractivity contribution >= 4 is 17.8 Å². The smallest absolute Gasteiger partial charge is 0.364 e. The molecule has 0 aromatic heterocycles. The SMILES string of the molecule is CCCCCCCCCCCCCC/C=C\CCCCCCCCCC(=O)NC(COC1OC(CO)C(OC2OC(CO)C(O)C(OC3(C(=O)O)CC(O)C(NC(C)=O)C(C(O)C(O)CO)O3)C2O)C(O)C1O)C(O)/C=C/CCCCCCCCCCCCCCCCCCCCCCCC. The number of carbonyl (C=O) groups is 3. The summed E-state index contributed by atoms with van der Waals surface area (Å²) in [5, 5.41) is 136. The van der Waals surface area contributed by atoms with E-state index in [1.165, 1.54) is 199 Å². The zero-order valence-corrected chi connectivity index (χ0v) is 62.5. The van der Waals surface area contributed by atoms with E-state index in [2.05, 4.69) is 36.6 Å². The number of unbranched alkanes of at least 4 members (excludes halogenated alkanes) is 41. The second-order valence-electron chi connectivity index (χ2n) is 29.3. The van der Waals surface area contributed by atoms with Gasteiger partial charge in [-0.2, -0.15) is 0 Å². The maximum atomic E-state index is 13.5. The predicted octanol–water partition coefficient (Wildman–Crippen LogP) is 10.4.